The van der Waals surface area contributed by atoms with Gasteiger partial charge < -0.3 is 9.47 Å². The number of rotatable bonds is 9. The van der Waals surface area contributed by atoms with E-state index in [4.69, 9.17) is 9.47 Å². The maximum Gasteiger partial charge on any atom is 0.124 e. The molecule has 0 aliphatic rings. The summed E-state index contributed by atoms with van der Waals surface area (Å²) in [6.45, 7) is 17.7. The zero-order valence-electron chi connectivity index (χ0n) is 35.4. The van der Waals surface area contributed by atoms with Gasteiger partial charge in [0.25, 0.3) is 0 Å². The van der Waals surface area contributed by atoms with Gasteiger partial charge in [-0.05, 0) is 182 Å². The first kappa shape index (κ1) is 39.6. The fourth-order valence-electron chi connectivity index (χ4n) is 9.19. The highest BCUT2D eigenvalue weighted by molar-refractivity contribution is 7.81. The quantitative estimate of drug-likeness (QED) is 0.136. The van der Waals surface area contributed by atoms with Crippen LogP contribution >= 0.6 is 15.8 Å². The van der Waals surface area contributed by atoms with Crippen LogP contribution in [-0.2, 0) is 0 Å². The van der Waals surface area contributed by atoms with Gasteiger partial charge in [-0.3, -0.25) is 0 Å². The Kier molecular flexibility index (Phi) is 11.0. The lowest BCUT2D eigenvalue weighted by atomic mass is 9.93. The molecule has 8 aromatic carbocycles. The highest BCUT2D eigenvalue weighted by atomic mass is 31.1. The van der Waals surface area contributed by atoms with Crippen molar-refractivity contribution in [2.75, 3.05) is 14.2 Å². The van der Waals surface area contributed by atoms with Gasteiger partial charge in [0.15, 0.2) is 0 Å². The standard InChI is InChI=1S/C54H52O2P2/c1-33-23-34(2)26-43(25-33)57(44-27-35(3)24-36(4)28-44)49-21-19-41-15-11-13-17-47(41)51(49)52-48-18-14-12-16-42(48)20-22-50(52)58(45-29-37(5)53(55-9)38(6)30-45)46-31-39(7)54(56-10)40(8)32-46/h11-32H,1-10H3. The monoisotopic (exact) mass is 794 g/mol. The molecule has 0 radical (unpaired) electrons. The van der Waals surface area contributed by atoms with E-state index in [1.54, 1.807) is 14.2 Å². The van der Waals surface area contributed by atoms with Crippen molar-refractivity contribution < 1.29 is 9.47 Å². The van der Waals surface area contributed by atoms with Crippen LogP contribution in [0.1, 0.15) is 44.5 Å². The smallest absolute Gasteiger partial charge is 0.124 e. The molecule has 8 aromatic rings. The van der Waals surface area contributed by atoms with E-state index in [2.05, 4.69) is 189 Å². The number of ether oxygens (including phenoxy) is 2. The van der Waals surface area contributed by atoms with Gasteiger partial charge in [0.05, 0.1) is 14.2 Å². The third-order valence-corrected chi connectivity index (χ3v) is 16.1. The van der Waals surface area contributed by atoms with Crippen LogP contribution in [0.2, 0.25) is 0 Å². The van der Waals surface area contributed by atoms with Crippen molar-refractivity contribution in [1.29, 1.82) is 0 Å². The van der Waals surface area contributed by atoms with Crippen molar-refractivity contribution >= 4 is 69.2 Å². The molecule has 2 nitrogen and oxygen atoms in total. The molecule has 0 bridgehead atoms. The van der Waals surface area contributed by atoms with E-state index in [9.17, 15) is 0 Å². The summed E-state index contributed by atoms with van der Waals surface area (Å²) in [7, 11) is 1.49. The van der Waals surface area contributed by atoms with Gasteiger partial charge in [-0.15, -0.1) is 0 Å². The maximum absolute atomic E-state index is 5.94. The lowest BCUT2D eigenvalue weighted by Gasteiger charge is -2.29. The second-order valence-corrected chi connectivity index (χ2v) is 20.3. The van der Waals surface area contributed by atoms with Gasteiger partial charge in [0, 0.05) is 0 Å². The molecule has 0 amide bonds. The van der Waals surface area contributed by atoms with Crippen LogP contribution in [0.25, 0.3) is 32.7 Å². The number of aryl methyl sites for hydroxylation is 8. The summed E-state index contributed by atoms with van der Waals surface area (Å²) >= 11 is 0. The van der Waals surface area contributed by atoms with Gasteiger partial charge in [-0.25, -0.2) is 0 Å². The Hall–Kier alpha value is -5.26. The molecule has 8 rings (SSSR count). The first-order chi connectivity index (χ1) is 27.9. The summed E-state index contributed by atoms with van der Waals surface area (Å²) in [5.41, 5.74) is 12.4. The molecule has 0 heterocycles. The first-order valence-electron chi connectivity index (χ1n) is 20.1. The lowest BCUT2D eigenvalue weighted by molar-refractivity contribution is 0.408. The maximum atomic E-state index is 5.94. The Bertz CT molecular complexity index is 2670. The molecular formula is C54H52O2P2. The predicted molar refractivity (Wildman–Crippen MR) is 255 cm³/mol. The Labute approximate surface area is 347 Å². The van der Waals surface area contributed by atoms with Crippen LogP contribution in [0.3, 0.4) is 0 Å². The Balaban J connectivity index is 1.56. The summed E-state index contributed by atoms with van der Waals surface area (Å²) in [6.07, 6.45) is 0. The Morgan fingerprint density at radius 1 is 0.345 bits per heavy atom. The number of benzene rings is 8. The van der Waals surface area contributed by atoms with Crippen molar-refractivity contribution in [2.24, 2.45) is 0 Å². The minimum absolute atomic E-state index is 0.948. The zero-order chi connectivity index (χ0) is 40.8. The third-order valence-electron chi connectivity index (χ3n) is 11.3. The molecule has 0 aliphatic carbocycles. The highest BCUT2D eigenvalue weighted by Crippen LogP contribution is 2.47. The van der Waals surface area contributed by atoms with Gasteiger partial charge in [-0.2, -0.15) is 0 Å². The Morgan fingerprint density at radius 2 is 0.655 bits per heavy atom. The number of hydrogen-bond acceptors (Lipinski definition) is 2. The molecule has 0 saturated carbocycles. The van der Waals surface area contributed by atoms with Crippen molar-refractivity contribution in [3.05, 3.63) is 178 Å². The molecule has 4 heteroatoms. The van der Waals surface area contributed by atoms with Gasteiger partial charge >= 0.3 is 0 Å². The lowest BCUT2D eigenvalue weighted by Crippen LogP contribution is -2.27. The van der Waals surface area contributed by atoms with E-state index in [0.717, 1.165) is 33.8 Å². The molecule has 0 spiro atoms. The second-order valence-electron chi connectivity index (χ2n) is 15.9. The van der Waals surface area contributed by atoms with E-state index in [0.29, 0.717) is 0 Å². The average molecular weight is 795 g/mol. The van der Waals surface area contributed by atoms with Gasteiger partial charge in [0.2, 0.25) is 0 Å². The fourth-order valence-corrected chi connectivity index (χ4v) is 14.9. The molecule has 0 aromatic heterocycles. The summed E-state index contributed by atoms with van der Waals surface area (Å²) in [5, 5.41) is 13.1. The SMILES string of the molecule is COc1c(C)cc(P(c2cc(C)c(OC)c(C)c2)c2ccc3ccccc3c2-c2c(P(c3cc(C)cc(C)c3)c3cc(C)cc(C)c3)ccc3ccccc23)cc1C. The van der Waals surface area contributed by atoms with E-state index >= 15 is 0 Å². The van der Waals surface area contributed by atoms with Crippen molar-refractivity contribution in [2.45, 2.75) is 55.4 Å². The molecule has 0 fully saturated rings. The minimum atomic E-state index is -1.08. The molecule has 58 heavy (non-hydrogen) atoms. The molecular weight excluding hydrogens is 743 g/mol. The van der Waals surface area contributed by atoms with E-state index in [-0.39, 0.29) is 0 Å². The van der Waals surface area contributed by atoms with Crippen LogP contribution in [-0.4, -0.2) is 14.2 Å². The topological polar surface area (TPSA) is 18.5 Å². The molecule has 0 aliphatic heterocycles. The predicted octanol–water partition coefficient (Wildman–Crippen LogP) is 11.7. The molecule has 0 saturated heterocycles. The van der Waals surface area contributed by atoms with Crippen molar-refractivity contribution in [1.82, 2.24) is 0 Å². The molecule has 0 unspecified atom stereocenters. The van der Waals surface area contributed by atoms with E-state index in [1.807, 2.05) is 0 Å². The molecule has 0 atom stereocenters. The summed E-state index contributed by atoms with van der Waals surface area (Å²) in [5.74, 6) is 1.90. The van der Waals surface area contributed by atoms with Crippen LogP contribution in [0, 0.1) is 55.4 Å². The van der Waals surface area contributed by atoms with Gasteiger partial charge in [-0.1, -0.05) is 131 Å². The van der Waals surface area contributed by atoms with Crippen molar-refractivity contribution in [3.8, 4) is 22.6 Å². The second kappa shape index (κ2) is 16.2. The molecule has 290 valence electrons. The van der Waals surface area contributed by atoms with E-state index < -0.39 is 15.8 Å². The fraction of sp³-hybridized carbons (Fsp3) is 0.185. The number of methoxy groups -OCH3 is 2. The van der Waals surface area contributed by atoms with Crippen LogP contribution in [0.4, 0.5) is 0 Å². The normalized spacial score (nSPS) is 11.6. The van der Waals surface area contributed by atoms with Crippen molar-refractivity contribution in [3.63, 3.8) is 0 Å². The number of fused-ring (bicyclic) bond motifs is 2. The average Bonchev–Trinajstić information content (AvgIpc) is 3.17. The Morgan fingerprint density at radius 3 is 0.983 bits per heavy atom. The third kappa shape index (κ3) is 7.34. The highest BCUT2D eigenvalue weighted by Gasteiger charge is 2.30. The summed E-state index contributed by atoms with van der Waals surface area (Å²) in [6, 6.07) is 51.4. The minimum Gasteiger partial charge on any atom is -0.496 e. The largest absolute Gasteiger partial charge is 0.496 e. The summed E-state index contributed by atoms with van der Waals surface area (Å²) < 4.78 is 11.9. The van der Waals surface area contributed by atoms with Gasteiger partial charge in [0.1, 0.15) is 11.5 Å². The number of hydrogen-bond donors (Lipinski definition) is 0. The van der Waals surface area contributed by atoms with Crippen LogP contribution < -0.4 is 41.3 Å². The zero-order valence-corrected chi connectivity index (χ0v) is 37.2. The summed E-state index contributed by atoms with van der Waals surface area (Å²) in [4.78, 5) is 0. The van der Waals surface area contributed by atoms with E-state index in [1.165, 1.54) is 86.8 Å². The first-order valence-corrected chi connectivity index (χ1v) is 22.7. The van der Waals surface area contributed by atoms with Crippen LogP contribution in [0.5, 0.6) is 11.5 Å². The van der Waals surface area contributed by atoms with Crippen LogP contribution in [0.15, 0.2) is 133 Å². The molecule has 0 N–H and O–H groups in total.